The summed E-state index contributed by atoms with van der Waals surface area (Å²) < 4.78 is 39.4. The summed E-state index contributed by atoms with van der Waals surface area (Å²) in [6.45, 7) is -2.53. The fraction of sp³-hybridized carbons (Fsp3) is 0.545. The zero-order chi connectivity index (χ0) is 40.0. The minimum absolute atomic E-state index is 0.133. The molecule has 22 heteroatoms. The maximum absolute atomic E-state index is 14.0. The number of aliphatic hydroxyl groups excluding tert-OH is 11. The Balaban J connectivity index is 1.40. The summed E-state index contributed by atoms with van der Waals surface area (Å²) in [4.78, 5) is 14.0. The number of rotatable bonds is 10. The molecule has 1 aromatic heterocycles. The van der Waals surface area contributed by atoms with Crippen molar-refractivity contribution < 1.29 is 104 Å². The Hall–Kier alpha value is -3.95. The van der Waals surface area contributed by atoms with Gasteiger partial charge in [0.1, 0.15) is 89.6 Å². The van der Waals surface area contributed by atoms with Crippen LogP contribution in [-0.2, 0) is 18.9 Å². The summed E-state index contributed by atoms with van der Waals surface area (Å²) in [6, 6.07) is 5.05. The minimum atomic E-state index is -2.00. The molecular weight excluding hydrogens is 748 g/mol. The monoisotopic (exact) mass is 788 g/mol. The van der Waals surface area contributed by atoms with Gasteiger partial charge in [-0.15, -0.1) is 0 Å². The molecule has 3 aromatic rings. The predicted octanol–water partition coefficient (Wildman–Crippen LogP) is -5.24. The van der Waals surface area contributed by atoms with Crippen LogP contribution in [0.25, 0.3) is 22.3 Å². The summed E-state index contributed by atoms with van der Waals surface area (Å²) in [7, 11) is 0. The second-order valence-electron chi connectivity index (χ2n) is 13.0. The zero-order valence-electron chi connectivity index (χ0n) is 28.2. The maximum atomic E-state index is 14.0. The molecular formula is C33H40O22. The van der Waals surface area contributed by atoms with Crippen LogP contribution in [0.3, 0.4) is 0 Å². The Morgan fingerprint density at radius 2 is 1.11 bits per heavy atom. The SMILES string of the molecule is O=c1c(O[C@@H]2OC(CO)[C@@H](O)C(O)C2O)c(-c2ccc(O)c(O)c2)oc2cc(O[C@@H]3OC(CO)[C@@H](O)[C@H](O)C3O[C@@H]3OC(CO)[C@@H](O)[C@H](O)C3O)cc(O)c12. The fourth-order valence-corrected chi connectivity index (χ4v) is 6.33. The van der Waals surface area contributed by atoms with Gasteiger partial charge in [-0.2, -0.15) is 0 Å². The summed E-state index contributed by atoms with van der Waals surface area (Å²) in [6.07, 6.45) is -26.9. The first kappa shape index (κ1) is 40.7. The number of benzene rings is 2. The van der Waals surface area contributed by atoms with Crippen molar-refractivity contribution in [2.75, 3.05) is 19.8 Å². The highest BCUT2D eigenvalue weighted by Gasteiger charge is 2.51. The van der Waals surface area contributed by atoms with Gasteiger partial charge in [0.2, 0.25) is 23.8 Å². The zero-order valence-corrected chi connectivity index (χ0v) is 28.2. The van der Waals surface area contributed by atoms with Gasteiger partial charge >= 0.3 is 0 Å². The number of hydrogen-bond donors (Lipinski definition) is 14. The van der Waals surface area contributed by atoms with Crippen molar-refractivity contribution >= 4 is 11.0 Å². The lowest BCUT2D eigenvalue weighted by molar-refractivity contribution is -0.357. The molecule has 3 aliphatic heterocycles. The van der Waals surface area contributed by atoms with E-state index < -0.39 is 157 Å². The number of hydrogen-bond acceptors (Lipinski definition) is 22. The number of ether oxygens (including phenoxy) is 6. The highest BCUT2D eigenvalue weighted by Crippen LogP contribution is 2.40. The van der Waals surface area contributed by atoms with Crippen molar-refractivity contribution in [3.05, 3.63) is 40.6 Å². The van der Waals surface area contributed by atoms with Gasteiger partial charge in [-0.25, -0.2) is 0 Å². The Kier molecular flexibility index (Phi) is 12.0. The Bertz CT molecular complexity index is 1870. The van der Waals surface area contributed by atoms with Crippen LogP contribution < -0.4 is 14.9 Å². The first-order chi connectivity index (χ1) is 26.1. The lowest BCUT2D eigenvalue weighted by Crippen LogP contribution is -2.65. The first-order valence-corrected chi connectivity index (χ1v) is 16.7. The van der Waals surface area contributed by atoms with Crippen molar-refractivity contribution in [1.29, 1.82) is 0 Å². The van der Waals surface area contributed by atoms with Gasteiger partial charge in [0.05, 0.1) is 19.8 Å². The standard InChI is InChI=1S/C33H40O22/c34-6-15-19(40)23(44)26(47)31(51-15)54-29-22(43)18-13(39)4-10(5-14(18)50-28(29)9-1-2-11(37)12(38)3-9)49-33-30(25(46)21(42)17(8-36)53-33)55-32-27(48)24(45)20(41)16(7-35)52-32/h1-5,15-17,19-21,23-27,30-42,44-48H,6-8H2/t15?,16?,17?,19-,20-,21-,23?,24+,25+,26?,27?,30?,31+,32+,33-/m1/s1. The first-order valence-electron chi connectivity index (χ1n) is 16.7. The molecule has 3 fully saturated rings. The van der Waals surface area contributed by atoms with E-state index in [0.29, 0.717) is 0 Å². The molecule has 3 aliphatic rings. The molecule has 14 N–H and O–H groups in total. The van der Waals surface area contributed by atoms with Crippen LogP contribution in [0.1, 0.15) is 0 Å². The maximum Gasteiger partial charge on any atom is 0.239 e. The van der Waals surface area contributed by atoms with Crippen molar-refractivity contribution in [3.8, 4) is 40.1 Å². The third kappa shape index (κ3) is 7.63. The fourth-order valence-electron chi connectivity index (χ4n) is 6.33. The van der Waals surface area contributed by atoms with Crippen LogP contribution >= 0.6 is 0 Å². The van der Waals surface area contributed by atoms with Gasteiger partial charge in [0, 0.05) is 17.7 Å². The van der Waals surface area contributed by atoms with E-state index >= 15 is 0 Å². The van der Waals surface area contributed by atoms with E-state index in [-0.39, 0.29) is 11.3 Å². The van der Waals surface area contributed by atoms with E-state index in [4.69, 9.17) is 32.8 Å². The normalized spacial score (nSPS) is 36.8. The molecule has 0 spiro atoms. The minimum Gasteiger partial charge on any atom is -0.507 e. The van der Waals surface area contributed by atoms with Gasteiger partial charge in [-0.05, 0) is 18.2 Å². The highest BCUT2D eigenvalue weighted by atomic mass is 16.8. The molecule has 0 radical (unpaired) electrons. The lowest BCUT2D eigenvalue weighted by Gasteiger charge is -2.45. The van der Waals surface area contributed by atoms with Gasteiger partial charge in [-0.3, -0.25) is 4.79 Å². The van der Waals surface area contributed by atoms with Crippen LogP contribution in [0.4, 0.5) is 0 Å². The third-order valence-corrected chi connectivity index (χ3v) is 9.44. The topological polar surface area (TPSA) is 369 Å². The largest absolute Gasteiger partial charge is 0.507 e. The summed E-state index contributed by atoms with van der Waals surface area (Å²) in [5.74, 6) is -3.78. The van der Waals surface area contributed by atoms with Crippen LogP contribution in [0.2, 0.25) is 0 Å². The number of phenols is 3. The highest BCUT2D eigenvalue weighted by molar-refractivity contribution is 5.88. The molecule has 0 amide bonds. The van der Waals surface area contributed by atoms with Gasteiger partial charge in [-0.1, -0.05) is 0 Å². The quantitative estimate of drug-likeness (QED) is 0.0853. The van der Waals surface area contributed by atoms with E-state index in [9.17, 15) is 76.3 Å². The molecule has 6 rings (SSSR count). The van der Waals surface area contributed by atoms with Crippen molar-refractivity contribution in [1.82, 2.24) is 0 Å². The molecule has 3 saturated heterocycles. The van der Waals surface area contributed by atoms with Crippen LogP contribution in [0, 0.1) is 0 Å². The molecule has 304 valence electrons. The Morgan fingerprint density at radius 3 is 1.69 bits per heavy atom. The number of phenolic OH excluding ortho intramolecular Hbond substituents is 3. The van der Waals surface area contributed by atoms with Gasteiger partial charge < -0.3 is 104 Å². The second-order valence-corrected chi connectivity index (χ2v) is 13.0. The second kappa shape index (κ2) is 16.3. The van der Waals surface area contributed by atoms with Crippen LogP contribution in [0.5, 0.6) is 28.7 Å². The average Bonchev–Trinajstić information content (AvgIpc) is 3.16. The van der Waals surface area contributed by atoms with Gasteiger partial charge in [0.25, 0.3) is 0 Å². The smallest absolute Gasteiger partial charge is 0.239 e. The average molecular weight is 789 g/mol. The van der Waals surface area contributed by atoms with E-state index in [0.717, 1.165) is 24.3 Å². The molecule has 0 bridgehead atoms. The van der Waals surface area contributed by atoms with E-state index in [2.05, 4.69) is 0 Å². The molecule has 7 unspecified atom stereocenters. The van der Waals surface area contributed by atoms with E-state index in [1.54, 1.807) is 0 Å². The summed E-state index contributed by atoms with van der Waals surface area (Å²) in [5, 5.41) is 143. The molecule has 0 saturated carbocycles. The third-order valence-electron chi connectivity index (χ3n) is 9.44. The van der Waals surface area contributed by atoms with Gasteiger partial charge in [0.15, 0.2) is 29.7 Å². The Labute approximate surface area is 307 Å². The number of aromatic hydroxyl groups is 3. The lowest BCUT2D eigenvalue weighted by atomic mass is 9.97. The molecule has 4 heterocycles. The molecule has 2 aromatic carbocycles. The van der Waals surface area contributed by atoms with Crippen LogP contribution in [-0.4, -0.2) is 183 Å². The Morgan fingerprint density at radius 1 is 0.564 bits per heavy atom. The van der Waals surface area contributed by atoms with Crippen LogP contribution in [0.15, 0.2) is 39.5 Å². The number of fused-ring (bicyclic) bond motifs is 1. The van der Waals surface area contributed by atoms with E-state index in [1.807, 2.05) is 0 Å². The van der Waals surface area contributed by atoms with Crippen molar-refractivity contribution in [2.24, 2.45) is 0 Å². The van der Waals surface area contributed by atoms with Crippen molar-refractivity contribution in [2.45, 2.75) is 92.1 Å². The molecule has 22 nitrogen and oxygen atoms in total. The van der Waals surface area contributed by atoms with Crippen molar-refractivity contribution in [3.63, 3.8) is 0 Å². The molecule has 15 atom stereocenters. The predicted molar refractivity (Wildman–Crippen MR) is 174 cm³/mol. The van der Waals surface area contributed by atoms with E-state index in [1.165, 1.54) is 6.07 Å². The summed E-state index contributed by atoms with van der Waals surface area (Å²) in [5.41, 5.74) is -1.72. The molecule has 55 heavy (non-hydrogen) atoms. The number of aliphatic hydroxyl groups is 11. The molecule has 0 aliphatic carbocycles. The summed E-state index contributed by atoms with van der Waals surface area (Å²) >= 11 is 0.